The maximum absolute atomic E-state index is 11.8. The lowest BCUT2D eigenvalue weighted by molar-refractivity contribution is -0.141. The molecule has 1 aliphatic carbocycles. The Balaban J connectivity index is 2.39. The van der Waals surface area contributed by atoms with E-state index in [0.717, 1.165) is 25.7 Å². The molecular formula is C12H20N2O4. The summed E-state index contributed by atoms with van der Waals surface area (Å²) in [6, 6.07) is -1.66. The molecule has 0 aromatic heterocycles. The topological polar surface area (TPSA) is 95.5 Å². The van der Waals surface area contributed by atoms with E-state index in [1.807, 2.05) is 0 Å². The van der Waals surface area contributed by atoms with Crippen LogP contribution in [0, 0.1) is 5.92 Å². The summed E-state index contributed by atoms with van der Waals surface area (Å²) in [5.74, 6) is -1.69. The van der Waals surface area contributed by atoms with E-state index in [1.165, 1.54) is 6.92 Å². The first kappa shape index (κ1) is 14.5. The van der Waals surface area contributed by atoms with Crippen molar-refractivity contribution >= 4 is 17.8 Å². The monoisotopic (exact) mass is 256 g/mol. The fourth-order valence-electron chi connectivity index (χ4n) is 1.98. The Bertz CT molecular complexity index is 337. The second-order valence-corrected chi connectivity index (χ2v) is 4.78. The van der Waals surface area contributed by atoms with Gasteiger partial charge in [0.05, 0.1) is 0 Å². The molecule has 0 heterocycles. The van der Waals surface area contributed by atoms with E-state index in [4.69, 9.17) is 5.11 Å². The minimum absolute atomic E-state index is 0.00264. The second-order valence-electron chi connectivity index (χ2n) is 4.78. The van der Waals surface area contributed by atoms with Crippen LogP contribution in [-0.4, -0.2) is 35.0 Å². The standard InChI is InChI=1S/C12H20N2O4/c1-7(10(15)14-8(2)12(17)18)13-11(16)9-5-3-4-6-9/h7-9H,3-6H2,1-2H3,(H,13,16)(H,14,15)(H,17,18)/t7?,8-/m1/s1. The summed E-state index contributed by atoms with van der Waals surface area (Å²) in [4.78, 5) is 34.0. The van der Waals surface area contributed by atoms with Crippen LogP contribution < -0.4 is 10.6 Å². The molecule has 0 spiro atoms. The van der Waals surface area contributed by atoms with Crippen molar-refractivity contribution in [1.29, 1.82) is 0 Å². The van der Waals surface area contributed by atoms with Crippen LogP contribution in [0.4, 0.5) is 0 Å². The van der Waals surface area contributed by atoms with Gasteiger partial charge in [0, 0.05) is 5.92 Å². The molecule has 1 aliphatic rings. The summed E-state index contributed by atoms with van der Waals surface area (Å²) >= 11 is 0. The fraction of sp³-hybridized carbons (Fsp3) is 0.750. The van der Waals surface area contributed by atoms with Gasteiger partial charge in [0.15, 0.2) is 0 Å². The normalized spacial score (nSPS) is 19.0. The van der Waals surface area contributed by atoms with Gasteiger partial charge in [-0.25, -0.2) is 0 Å². The van der Waals surface area contributed by atoms with E-state index in [2.05, 4.69) is 10.6 Å². The molecule has 3 N–H and O–H groups in total. The Labute approximate surface area is 106 Å². The van der Waals surface area contributed by atoms with Gasteiger partial charge >= 0.3 is 5.97 Å². The van der Waals surface area contributed by atoms with Crippen molar-refractivity contribution in [2.45, 2.75) is 51.6 Å². The van der Waals surface area contributed by atoms with E-state index >= 15 is 0 Å². The average Bonchev–Trinajstić information content (AvgIpc) is 2.81. The number of carboxylic acids is 1. The van der Waals surface area contributed by atoms with Crippen LogP contribution in [-0.2, 0) is 14.4 Å². The fourth-order valence-corrected chi connectivity index (χ4v) is 1.98. The van der Waals surface area contributed by atoms with Crippen LogP contribution in [0.25, 0.3) is 0 Å². The predicted octanol–water partition coefficient (Wildman–Crippen LogP) is 0.271. The molecular weight excluding hydrogens is 236 g/mol. The van der Waals surface area contributed by atoms with Gasteiger partial charge in [0.1, 0.15) is 12.1 Å². The molecule has 2 atom stereocenters. The molecule has 0 radical (unpaired) electrons. The average molecular weight is 256 g/mol. The predicted molar refractivity (Wildman–Crippen MR) is 64.8 cm³/mol. The molecule has 0 aromatic carbocycles. The van der Waals surface area contributed by atoms with Crippen LogP contribution in [0.15, 0.2) is 0 Å². The molecule has 0 aliphatic heterocycles. The van der Waals surface area contributed by atoms with E-state index in [9.17, 15) is 14.4 Å². The number of amides is 2. The van der Waals surface area contributed by atoms with Crippen molar-refractivity contribution in [2.75, 3.05) is 0 Å². The summed E-state index contributed by atoms with van der Waals surface area (Å²) in [5.41, 5.74) is 0. The van der Waals surface area contributed by atoms with Gasteiger partial charge in [-0.05, 0) is 26.7 Å². The summed E-state index contributed by atoms with van der Waals surface area (Å²) in [5, 5.41) is 13.6. The third kappa shape index (κ3) is 4.01. The molecule has 6 heteroatoms. The Kier molecular flexibility index (Phi) is 5.12. The Morgan fingerprint density at radius 1 is 1.06 bits per heavy atom. The van der Waals surface area contributed by atoms with Crippen LogP contribution in [0.2, 0.25) is 0 Å². The Hall–Kier alpha value is -1.59. The van der Waals surface area contributed by atoms with Gasteiger partial charge < -0.3 is 15.7 Å². The lowest BCUT2D eigenvalue weighted by Gasteiger charge is -2.18. The molecule has 0 bridgehead atoms. The summed E-state index contributed by atoms with van der Waals surface area (Å²) in [6.45, 7) is 2.93. The number of nitrogens with one attached hydrogen (secondary N) is 2. The summed E-state index contributed by atoms with van der Waals surface area (Å²) in [7, 11) is 0. The zero-order valence-corrected chi connectivity index (χ0v) is 10.7. The van der Waals surface area contributed by atoms with E-state index in [0.29, 0.717) is 0 Å². The highest BCUT2D eigenvalue weighted by atomic mass is 16.4. The maximum Gasteiger partial charge on any atom is 0.325 e. The molecule has 1 unspecified atom stereocenters. The third-order valence-corrected chi connectivity index (χ3v) is 3.21. The lowest BCUT2D eigenvalue weighted by atomic mass is 10.1. The van der Waals surface area contributed by atoms with E-state index in [1.54, 1.807) is 6.92 Å². The van der Waals surface area contributed by atoms with Gasteiger partial charge in [-0.15, -0.1) is 0 Å². The largest absolute Gasteiger partial charge is 0.480 e. The molecule has 0 saturated heterocycles. The van der Waals surface area contributed by atoms with Crippen molar-refractivity contribution in [3.63, 3.8) is 0 Å². The molecule has 102 valence electrons. The van der Waals surface area contributed by atoms with Crippen molar-refractivity contribution in [2.24, 2.45) is 5.92 Å². The Morgan fingerprint density at radius 3 is 2.11 bits per heavy atom. The van der Waals surface area contributed by atoms with Crippen LogP contribution in [0.1, 0.15) is 39.5 Å². The number of carbonyl (C=O) groups excluding carboxylic acids is 2. The number of carbonyl (C=O) groups is 3. The maximum atomic E-state index is 11.8. The second kappa shape index (κ2) is 6.37. The molecule has 18 heavy (non-hydrogen) atoms. The number of rotatable bonds is 5. The smallest absolute Gasteiger partial charge is 0.325 e. The summed E-state index contributed by atoms with van der Waals surface area (Å²) in [6.07, 6.45) is 3.83. The highest BCUT2D eigenvalue weighted by Gasteiger charge is 2.26. The van der Waals surface area contributed by atoms with Crippen molar-refractivity contribution in [3.8, 4) is 0 Å². The van der Waals surface area contributed by atoms with Gasteiger partial charge in [-0.2, -0.15) is 0 Å². The van der Waals surface area contributed by atoms with Crippen molar-refractivity contribution < 1.29 is 19.5 Å². The Morgan fingerprint density at radius 2 is 1.61 bits per heavy atom. The SMILES string of the molecule is CC(NC(=O)C1CCCC1)C(=O)N[C@H](C)C(=O)O. The summed E-state index contributed by atoms with van der Waals surface area (Å²) < 4.78 is 0. The molecule has 1 fully saturated rings. The van der Waals surface area contributed by atoms with Gasteiger partial charge in [0.25, 0.3) is 0 Å². The van der Waals surface area contributed by atoms with E-state index in [-0.39, 0.29) is 11.8 Å². The first-order valence-electron chi connectivity index (χ1n) is 6.25. The van der Waals surface area contributed by atoms with Crippen molar-refractivity contribution in [3.05, 3.63) is 0 Å². The van der Waals surface area contributed by atoms with Crippen LogP contribution >= 0.6 is 0 Å². The number of aliphatic carboxylic acids is 1. The lowest BCUT2D eigenvalue weighted by Crippen LogP contribution is -2.50. The van der Waals surface area contributed by atoms with Crippen LogP contribution in [0.5, 0.6) is 0 Å². The van der Waals surface area contributed by atoms with E-state index < -0.39 is 24.0 Å². The van der Waals surface area contributed by atoms with Gasteiger partial charge in [-0.1, -0.05) is 12.8 Å². The molecule has 1 rings (SSSR count). The first-order valence-corrected chi connectivity index (χ1v) is 6.25. The van der Waals surface area contributed by atoms with Gasteiger partial charge in [-0.3, -0.25) is 14.4 Å². The quantitative estimate of drug-likeness (QED) is 0.658. The third-order valence-electron chi connectivity index (χ3n) is 3.21. The molecule has 0 aromatic rings. The number of hydrogen-bond donors (Lipinski definition) is 3. The minimum atomic E-state index is -1.10. The molecule has 6 nitrogen and oxygen atoms in total. The van der Waals surface area contributed by atoms with Crippen LogP contribution in [0.3, 0.4) is 0 Å². The van der Waals surface area contributed by atoms with Crippen molar-refractivity contribution in [1.82, 2.24) is 10.6 Å². The highest BCUT2D eigenvalue weighted by molar-refractivity contribution is 5.90. The number of hydrogen-bond acceptors (Lipinski definition) is 3. The minimum Gasteiger partial charge on any atom is -0.480 e. The van der Waals surface area contributed by atoms with Gasteiger partial charge in [0.2, 0.25) is 11.8 Å². The number of carboxylic acid groups (broad SMARTS) is 1. The molecule has 1 saturated carbocycles. The zero-order valence-electron chi connectivity index (χ0n) is 10.7. The highest BCUT2D eigenvalue weighted by Crippen LogP contribution is 2.24. The first-order chi connectivity index (χ1) is 8.41. The molecule has 2 amide bonds. The zero-order chi connectivity index (χ0) is 13.7.